The fourth-order valence-electron chi connectivity index (χ4n) is 5.18. The number of aromatic nitrogens is 1. The number of carbonyl (C=O) groups excluding carboxylic acids is 1. The van der Waals surface area contributed by atoms with Crippen LogP contribution in [0.25, 0.3) is 11.1 Å². The summed E-state index contributed by atoms with van der Waals surface area (Å²) in [4.78, 5) is 21.1. The van der Waals surface area contributed by atoms with Gasteiger partial charge in [-0.05, 0) is 66.3 Å². The summed E-state index contributed by atoms with van der Waals surface area (Å²) in [5, 5.41) is 9.95. The van der Waals surface area contributed by atoms with Gasteiger partial charge in [0.2, 0.25) is 0 Å². The first kappa shape index (κ1) is 29.7. The molecule has 1 aromatic heterocycles. The van der Waals surface area contributed by atoms with Gasteiger partial charge in [0, 0.05) is 51.2 Å². The zero-order chi connectivity index (χ0) is 28.9. The Labute approximate surface area is 233 Å². The summed E-state index contributed by atoms with van der Waals surface area (Å²) < 4.78 is 44.9. The maximum atomic E-state index is 13.2. The Kier molecular flexibility index (Phi) is 9.28. The van der Waals surface area contributed by atoms with Crippen LogP contribution in [0.4, 0.5) is 13.2 Å². The Morgan fingerprint density at radius 3 is 2.35 bits per heavy atom. The first-order valence-corrected chi connectivity index (χ1v) is 13.5. The highest BCUT2D eigenvalue weighted by atomic mass is 19.4. The second kappa shape index (κ2) is 12.5. The van der Waals surface area contributed by atoms with Crippen LogP contribution in [-0.4, -0.2) is 64.3 Å². The number of nitrogens with zero attached hydrogens (tertiary/aromatic N) is 3. The fraction of sp³-hybridized carbons (Fsp3) is 0.419. The van der Waals surface area contributed by atoms with E-state index in [2.05, 4.69) is 20.9 Å². The van der Waals surface area contributed by atoms with Gasteiger partial charge in [-0.2, -0.15) is 13.2 Å². The molecule has 6 nitrogen and oxygen atoms in total. The second-order valence-electron chi connectivity index (χ2n) is 10.5. The molecule has 2 heterocycles. The number of aryl methyl sites for hydroxylation is 1. The van der Waals surface area contributed by atoms with Crippen LogP contribution in [0, 0.1) is 6.92 Å². The third-order valence-corrected chi connectivity index (χ3v) is 7.54. The molecule has 0 radical (unpaired) electrons. The van der Waals surface area contributed by atoms with Crippen LogP contribution in [0.1, 0.15) is 42.5 Å². The van der Waals surface area contributed by atoms with E-state index in [0.717, 1.165) is 67.5 Å². The highest BCUT2D eigenvalue weighted by molar-refractivity contribution is 5.70. The number of rotatable bonds is 9. The van der Waals surface area contributed by atoms with Crippen LogP contribution in [0.5, 0.6) is 0 Å². The van der Waals surface area contributed by atoms with Gasteiger partial charge in [-0.25, -0.2) is 0 Å². The van der Waals surface area contributed by atoms with Crippen molar-refractivity contribution in [2.75, 3.05) is 26.2 Å². The molecule has 3 aromatic rings. The average Bonchev–Trinajstić information content (AvgIpc) is 2.90. The molecule has 0 saturated carbocycles. The molecule has 1 aliphatic rings. The first-order chi connectivity index (χ1) is 19.0. The quantitative estimate of drug-likeness (QED) is 0.354. The Balaban J connectivity index is 1.44. The summed E-state index contributed by atoms with van der Waals surface area (Å²) in [5.74, 6) is -0.197. The largest absolute Gasteiger partial charge is 0.466 e. The molecule has 214 valence electrons. The summed E-state index contributed by atoms with van der Waals surface area (Å²) in [5.41, 5.74) is 1.88. The van der Waals surface area contributed by atoms with Crippen LogP contribution >= 0.6 is 0 Å². The van der Waals surface area contributed by atoms with Crippen LogP contribution in [0.15, 0.2) is 67.0 Å². The molecule has 9 heteroatoms. The van der Waals surface area contributed by atoms with Crippen LogP contribution < -0.4 is 0 Å². The lowest BCUT2D eigenvalue weighted by Gasteiger charge is -2.41. The van der Waals surface area contributed by atoms with Gasteiger partial charge in [-0.3, -0.25) is 19.6 Å². The molecule has 1 aliphatic heterocycles. The predicted molar refractivity (Wildman–Crippen MR) is 147 cm³/mol. The van der Waals surface area contributed by atoms with Crippen molar-refractivity contribution in [2.45, 2.75) is 58.1 Å². The highest BCUT2D eigenvalue weighted by Crippen LogP contribution is 2.39. The van der Waals surface area contributed by atoms with Gasteiger partial charge in [0.05, 0.1) is 13.0 Å². The van der Waals surface area contributed by atoms with E-state index in [0.29, 0.717) is 13.0 Å². The Morgan fingerprint density at radius 1 is 1.02 bits per heavy atom. The van der Waals surface area contributed by atoms with E-state index in [1.165, 1.54) is 12.1 Å². The lowest BCUT2D eigenvalue weighted by Crippen LogP contribution is -2.53. The molecule has 1 saturated heterocycles. The molecule has 4 rings (SSSR count). The predicted octanol–water partition coefficient (Wildman–Crippen LogP) is 5.47. The van der Waals surface area contributed by atoms with E-state index >= 15 is 0 Å². The van der Waals surface area contributed by atoms with E-state index in [-0.39, 0.29) is 17.6 Å². The number of alkyl halides is 3. The van der Waals surface area contributed by atoms with Gasteiger partial charge in [0.1, 0.15) is 0 Å². The number of piperazine rings is 1. The second-order valence-corrected chi connectivity index (χ2v) is 10.5. The van der Waals surface area contributed by atoms with Crippen molar-refractivity contribution >= 4 is 5.97 Å². The Bertz CT molecular complexity index is 1280. The molecule has 0 bridgehead atoms. The minimum Gasteiger partial charge on any atom is -0.466 e. The van der Waals surface area contributed by atoms with E-state index in [9.17, 15) is 23.1 Å². The molecule has 2 aromatic carbocycles. The fourth-order valence-corrected chi connectivity index (χ4v) is 5.18. The minimum absolute atomic E-state index is 0.0220. The molecule has 1 unspecified atom stereocenters. The molecule has 1 fully saturated rings. The van der Waals surface area contributed by atoms with Gasteiger partial charge in [-0.15, -0.1) is 0 Å². The Morgan fingerprint density at radius 2 is 1.73 bits per heavy atom. The van der Waals surface area contributed by atoms with E-state index in [1.807, 2.05) is 38.1 Å². The number of hydrogen-bond acceptors (Lipinski definition) is 6. The van der Waals surface area contributed by atoms with Crippen molar-refractivity contribution in [1.29, 1.82) is 0 Å². The summed E-state index contributed by atoms with van der Waals surface area (Å²) >= 11 is 0. The van der Waals surface area contributed by atoms with Crippen LogP contribution in [-0.2, 0) is 28.2 Å². The number of pyridine rings is 1. The molecule has 40 heavy (non-hydrogen) atoms. The standard InChI is InChI=1S/C31H36F3N3O3/c1-4-40-29(38)18-27-21-36(15-16-37(27)20-23-11-13-35-14-12-23)19-24-5-10-28(22(2)17-24)25-6-8-26(9-7-25)30(3,39)31(32,33)34/h5-14,17,27,39H,4,15-16,18-21H2,1-3H3/t27-,30?/m1/s1. The maximum Gasteiger partial charge on any atom is 0.421 e. The maximum absolute atomic E-state index is 13.2. The lowest BCUT2D eigenvalue weighted by molar-refractivity contribution is -0.258. The van der Waals surface area contributed by atoms with E-state index in [1.54, 1.807) is 24.5 Å². The number of esters is 1. The summed E-state index contributed by atoms with van der Waals surface area (Å²) in [7, 11) is 0. The van der Waals surface area contributed by atoms with Crippen molar-refractivity contribution in [3.63, 3.8) is 0 Å². The average molecular weight is 556 g/mol. The molecule has 2 atom stereocenters. The number of carbonyl (C=O) groups is 1. The highest BCUT2D eigenvalue weighted by Gasteiger charge is 2.51. The Hall–Kier alpha value is -3.27. The smallest absolute Gasteiger partial charge is 0.421 e. The normalized spacial score (nSPS) is 18.3. The van der Waals surface area contributed by atoms with Crippen LogP contribution in [0.3, 0.4) is 0 Å². The van der Waals surface area contributed by atoms with Crippen LogP contribution in [0.2, 0.25) is 0 Å². The van der Waals surface area contributed by atoms with E-state index in [4.69, 9.17) is 4.74 Å². The molecule has 0 spiro atoms. The summed E-state index contributed by atoms with van der Waals surface area (Å²) in [6.45, 7) is 8.77. The topological polar surface area (TPSA) is 65.9 Å². The number of benzene rings is 2. The summed E-state index contributed by atoms with van der Waals surface area (Å²) in [6, 6.07) is 16.0. The first-order valence-electron chi connectivity index (χ1n) is 13.5. The minimum atomic E-state index is -4.76. The van der Waals surface area contributed by atoms with Gasteiger partial charge < -0.3 is 9.84 Å². The van der Waals surface area contributed by atoms with Crippen molar-refractivity contribution in [3.8, 4) is 11.1 Å². The van der Waals surface area contributed by atoms with Gasteiger partial charge in [-0.1, -0.05) is 42.5 Å². The van der Waals surface area contributed by atoms with Crippen molar-refractivity contribution in [3.05, 3.63) is 89.2 Å². The van der Waals surface area contributed by atoms with Crippen molar-refractivity contribution in [1.82, 2.24) is 14.8 Å². The monoisotopic (exact) mass is 555 g/mol. The number of hydrogen-bond donors (Lipinski definition) is 1. The van der Waals surface area contributed by atoms with Gasteiger partial charge >= 0.3 is 12.1 Å². The number of halogens is 3. The zero-order valence-electron chi connectivity index (χ0n) is 23.1. The molecule has 0 amide bonds. The number of ether oxygens (including phenoxy) is 1. The third-order valence-electron chi connectivity index (χ3n) is 7.54. The number of aliphatic hydroxyl groups is 1. The third kappa shape index (κ3) is 7.08. The van der Waals surface area contributed by atoms with E-state index < -0.39 is 11.8 Å². The zero-order valence-corrected chi connectivity index (χ0v) is 23.1. The SMILES string of the molecule is CCOC(=O)C[C@@H]1CN(Cc2ccc(-c3ccc(C(C)(O)C(F)(F)F)cc3)c(C)c2)CCN1Cc1ccncc1. The molecular formula is C31H36F3N3O3. The molecule has 0 aliphatic carbocycles. The van der Waals surface area contributed by atoms with Crippen molar-refractivity contribution < 1.29 is 27.8 Å². The van der Waals surface area contributed by atoms with Gasteiger partial charge in [0.25, 0.3) is 0 Å². The summed E-state index contributed by atoms with van der Waals surface area (Å²) in [6.07, 6.45) is -0.882. The lowest BCUT2D eigenvalue weighted by atomic mass is 9.92. The molecular weight excluding hydrogens is 519 g/mol. The molecule has 1 N–H and O–H groups in total. The van der Waals surface area contributed by atoms with Gasteiger partial charge in [0.15, 0.2) is 5.60 Å². The van der Waals surface area contributed by atoms with Crippen molar-refractivity contribution in [2.24, 2.45) is 0 Å².